The highest BCUT2D eigenvalue weighted by Gasteiger charge is 2.21. The maximum absolute atomic E-state index is 13.2. The molecular weight excluding hydrogens is 423 g/mol. The minimum atomic E-state index is -0.364. The molecule has 1 N–H and O–H groups in total. The minimum absolute atomic E-state index is 0.169. The minimum Gasteiger partial charge on any atom is -0.342 e. The van der Waals surface area contributed by atoms with Crippen molar-refractivity contribution in [2.24, 2.45) is 0 Å². The van der Waals surface area contributed by atoms with Gasteiger partial charge in [-0.25, -0.2) is 4.39 Å². The van der Waals surface area contributed by atoms with Crippen molar-refractivity contribution in [3.05, 3.63) is 107 Å². The number of aromatic nitrogens is 3. The number of rotatable bonds is 7. The van der Waals surface area contributed by atoms with Gasteiger partial charge in [0.2, 0.25) is 0 Å². The number of amides is 1. The summed E-state index contributed by atoms with van der Waals surface area (Å²) in [6.07, 6.45) is 0. The topological polar surface area (TPSA) is 59.8 Å². The van der Waals surface area contributed by atoms with Gasteiger partial charge in [0.05, 0.1) is 6.04 Å². The maximum atomic E-state index is 13.2. The molecule has 0 radical (unpaired) electrons. The first kappa shape index (κ1) is 21.8. The first-order chi connectivity index (χ1) is 15.5. The predicted molar refractivity (Wildman–Crippen MR) is 124 cm³/mol. The highest BCUT2D eigenvalue weighted by atomic mass is 32.2. The summed E-state index contributed by atoms with van der Waals surface area (Å²) in [5.41, 5.74) is 3.64. The van der Waals surface area contributed by atoms with Gasteiger partial charge in [-0.2, -0.15) is 0 Å². The van der Waals surface area contributed by atoms with Crippen LogP contribution in [-0.4, -0.2) is 20.7 Å². The lowest BCUT2D eigenvalue weighted by Crippen LogP contribution is -2.28. The first-order valence-corrected chi connectivity index (χ1v) is 11.3. The molecule has 0 aliphatic heterocycles. The number of nitrogens with zero attached hydrogens (tertiary/aromatic N) is 3. The van der Waals surface area contributed by atoms with Crippen LogP contribution in [0, 0.1) is 12.7 Å². The van der Waals surface area contributed by atoms with Crippen LogP contribution in [0.1, 0.15) is 40.3 Å². The van der Waals surface area contributed by atoms with Crippen molar-refractivity contribution in [3.8, 4) is 5.69 Å². The zero-order valence-electron chi connectivity index (χ0n) is 17.8. The van der Waals surface area contributed by atoms with Gasteiger partial charge in [-0.1, -0.05) is 59.8 Å². The summed E-state index contributed by atoms with van der Waals surface area (Å²) in [4.78, 5) is 12.7. The summed E-state index contributed by atoms with van der Waals surface area (Å²) in [5.74, 6) is 0.832. The first-order valence-electron chi connectivity index (χ1n) is 10.3. The summed E-state index contributed by atoms with van der Waals surface area (Å²) in [6, 6.07) is 23.2. The smallest absolute Gasteiger partial charge is 0.251 e. The van der Waals surface area contributed by atoms with Gasteiger partial charge in [0.1, 0.15) is 5.82 Å². The van der Waals surface area contributed by atoms with Crippen molar-refractivity contribution in [1.82, 2.24) is 20.1 Å². The molecule has 5 nitrogen and oxygen atoms in total. The molecule has 0 aliphatic carbocycles. The van der Waals surface area contributed by atoms with E-state index in [-0.39, 0.29) is 17.8 Å². The molecule has 0 fully saturated rings. The Morgan fingerprint density at radius 2 is 1.69 bits per heavy atom. The molecule has 162 valence electrons. The van der Waals surface area contributed by atoms with Crippen molar-refractivity contribution in [2.75, 3.05) is 0 Å². The molecule has 4 aromatic rings. The second-order valence-corrected chi connectivity index (χ2v) is 8.43. The van der Waals surface area contributed by atoms with E-state index in [0.29, 0.717) is 22.3 Å². The second kappa shape index (κ2) is 9.78. The zero-order valence-corrected chi connectivity index (χ0v) is 18.6. The van der Waals surface area contributed by atoms with E-state index in [2.05, 4.69) is 15.5 Å². The van der Waals surface area contributed by atoms with Gasteiger partial charge in [0.25, 0.3) is 5.91 Å². The Hall–Kier alpha value is -3.45. The molecule has 32 heavy (non-hydrogen) atoms. The zero-order chi connectivity index (χ0) is 22.5. The average Bonchev–Trinajstić information content (AvgIpc) is 3.24. The Bertz CT molecular complexity index is 1190. The van der Waals surface area contributed by atoms with Crippen molar-refractivity contribution < 1.29 is 9.18 Å². The molecule has 1 aromatic heterocycles. The summed E-state index contributed by atoms with van der Waals surface area (Å²) < 4.78 is 15.2. The molecule has 0 spiro atoms. The molecule has 0 saturated heterocycles. The number of carbonyl (C=O) groups excluding carboxylic acids is 1. The number of aryl methyl sites for hydroxylation is 1. The van der Waals surface area contributed by atoms with Crippen LogP contribution in [0.4, 0.5) is 4.39 Å². The standard InChI is InChI=1S/C25H23FN4OS/c1-17-8-14-22(15-9-17)30-23(18(2)27-24(31)20-6-4-3-5-7-20)28-29-25(30)32-16-19-10-12-21(26)13-11-19/h3-15,18H,16H2,1-2H3,(H,27,31). The lowest BCUT2D eigenvalue weighted by Gasteiger charge is -2.16. The number of nitrogens with one attached hydrogen (secondary N) is 1. The van der Waals surface area contributed by atoms with Crippen LogP contribution in [0.25, 0.3) is 5.69 Å². The van der Waals surface area contributed by atoms with E-state index in [1.807, 2.05) is 60.9 Å². The molecular formula is C25H23FN4OS. The molecule has 1 heterocycles. The number of thioether (sulfide) groups is 1. The van der Waals surface area contributed by atoms with Crippen LogP contribution in [0.5, 0.6) is 0 Å². The number of benzene rings is 3. The lowest BCUT2D eigenvalue weighted by atomic mass is 10.2. The average molecular weight is 447 g/mol. The van der Waals surface area contributed by atoms with Gasteiger partial charge in [-0.05, 0) is 55.8 Å². The molecule has 4 rings (SSSR count). The molecule has 1 amide bonds. The summed E-state index contributed by atoms with van der Waals surface area (Å²) in [6.45, 7) is 3.92. The SMILES string of the molecule is Cc1ccc(-n2c(SCc3ccc(F)cc3)nnc2C(C)NC(=O)c2ccccc2)cc1. The van der Waals surface area contributed by atoms with Crippen LogP contribution in [-0.2, 0) is 5.75 Å². The van der Waals surface area contributed by atoms with Gasteiger partial charge >= 0.3 is 0 Å². The summed E-state index contributed by atoms with van der Waals surface area (Å²) in [7, 11) is 0. The molecule has 0 saturated carbocycles. The number of carbonyl (C=O) groups is 1. The van der Waals surface area contributed by atoms with Crippen molar-refractivity contribution in [2.45, 2.75) is 30.8 Å². The monoisotopic (exact) mass is 446 g/mol. The Labute approximate surface area is 190 Å². The summed E-state index contributed by atoms with van der Waals surface area (Å²) in [5, 5.41) is 12.5. The van der Waals surface area contributed by atoms with Crippen LogP contribution >= 0.6 is 11.8 Å². The van der Waals surface area contributed by atoms with E-state index in [9.17, 15) is 9.18 Å². The van der Waals surface area contributed by atoms with Gasteiger partial charge in [-0.3, -0.25) is 9.36 Å². The van der Waals surface area contributed by atoms with E-state index in [1.54, 1.807) is 24.3 Å². The van der Waals surface area contributed by atoms with Crippen molar-refractivity contribution in [1.29, 1.82) is 0 Å². The fourth-order valence-electron chi connectivity index (χ4n) is 3.25. The fourth-order valence-corrected chi connectivity index (χ4v) is 4.17. The summed E-state index contributed by atoms with van der Waals surface area (Å²) >= 11 is 1.51. The highest BCUT2D eigenvalue weighted by molar-refractivity contribution is 7.98. The number of hydrogen-bond acceptors (Lipinski definition) is 4. The molecule has 1 unspecified atom stereocenters. The quantitative estimate of drug-likeness (QED) is 0.381. The third kappa shape index (κ3) is 5.06. The molecule has 7 heteroatoms. The van der Waals surface area contributed by atoms with E-state index < -0.39 is 0 Å². The Balaban J connectivity index is 1.61. The van der Waals surface area contributed by atoms with Crippen molar-refractivity contribution in [3.63, 3.8) is 0 Å². The number of hydrogen-bond donors (Lipinski definition) is 1. The fraction of sp³-hybridized carbons (Fsp3) is 0.160. The molecule has 1 atom stereocenters. The van der Waals surface area contributed by atoms with E-state index in [1.165, 1.54) is 23.9 Å². The normalized spacial score (nSPS) is 11.8. The van der Waals surface area contributed by atoms with Crippen LogP contribution in [0.15, 0.2) is 84.0 Å². The van der Waals surface area contributed by atoms with E-state index in [4.69, 9.17) is 0 Å². The predicted octanol–water partition coefficient (Wildman–Crippen LogP) is 5.50. The van der Waals surface area contributed by atoms with E-state index in [0.717, 1.165) is 16.8 Å². The van der Waals surface area contributed by atoms with Crippen LogP contribution in [0.3, 0.4) is 0 Å². The Morgan fingerprint density at radius 3 is 2.38 bits per heavy atom. The second-order valence-electron chi connectivity index (χ2n) is 7.49. The molecule has 0 aliphatic rings. The molecule has 3 aromatic carbocycles. The lowest BCUT2D eigenvalue weighted by molar-refractivity contribution is 0.0938. The van der Waals surface area contributed by atoms with E-state index >= 15 is 0 Å². The van der Waals surface area contributed by atoms with Crippen LogP contribution < -0.4 is 5.32 Å². The van der Waals surface area contributed by atoms with Gasteiger partial charge in [0.15, 0.2) is 11.0 Å². The molecule has 0 bridgehead atoms. The number of halogens is 1. The third-order valence-corrected chi connectivity index (χ3v) is 6.00. The maximum Gasteiger partial charge on any atom is 0.251 e. The largest absolute Gasteiger partial charge is 0.342 e. The third-order valence-electron chi connectivity index (χ3n) is 5.00. The Kier molecular flexibility index (Phi) is 6.66. The highest BCUT2D eigenvalue weighted by Crippen LogP contribution is 2.28. The van der Waals surface area contributed by atoms with Gasteiger partial charge in [0, 0.05) is 17.0 Å². The van der Waals surface area contributed by atoms with Crippen LogP contribution in [0.2, 0.25) is 0 Å². The Morgan fingerprint density at radius 1 is 1.00 bits per heavy atom. The van der Waals surface area contributed by atoms with Crippen molar-refractivity contribution >= 4 is 17.7 Å². The van der Waals surface area contributed by atoms with Gasteiger partial charge < -0.3 is 5.32 Å². The van der Waals surface area contributed by atoms with Gasteiger partial charge in [-0.15, -0.1) is 10.2 Å².